The number of imidazole rings is 1. The molecule has 58 valence electrons. The zero-order valence-corrected chi connectivity index (χ0v) is 6.31. The van der Waals surface area contributed by atoms with E-state index in [1.165, 1.54) is 18.7 Å². The van der Waals surface area contributed by atoms with Gasteiger partial charge < -0.3 is 0 Å². The summed E-state index contributed by atoms with van der Waals surface area (Å²) in [6, 6.07) is 0. The van der Waals surface area contributed by atoms with Crippen LogP contribution < -0.4 is 0 Å². The van der Waals surface area contributed by atoms with Crippen LogP contribution in [0.3, 0.4) is 0 Å². The molecule has 0 amide bonds. The second kappa shape index (κ2) is 2.65. The normalized spacial score (nSPS) is 14.9. The molecule has 0 saturated heterocycles. The number of azide groups is 1. The summed E-state index contributed by atoms with van der Waals surface area (Å²) in [4.78, 5) is 6.03. The lowest BCUT2D eigenvalue weighted by Crippen LogP contribution is -2.04. The van der Waals surface area contributed by atoms with Gasteiger partial charge in [-0.3, -0.25) is 3.97 Å². The van der Waals surface area contributed by atoms with E-state index < -0.39 is 9.89 Å². The molecule has 1 aromatic rings. The van der Waals surface area contributed by atoms with Crippen molar-refractivity contribution < 1.29 is 4.21 Å². The van der Waals surface area contributed by atoms with Gasteiger partial charge in [-0.25, -0.2) is 9.19 Å². The van der Waals surface area contributed by atoms with Crippen molar-refractivity contribution in [3.63, 3.8) is 0 Å². The highest BCUT2D eigenvalue weighted by atomic mass is 32.2. The van der Waals surface area contributed by atoms with Gasteiger partial charge in [-0.15, -0.1) is 0 Å². The van der Waals surface area contributed by atoms with Gasteiger partial charge in [0.1, 0.15) is 16.2 Å². The average Bonchev–Trinajstić information content (AvgIpc) is 2.37. The molecule has 0 aliphatic rings. The molecule has 1 heterocycles. The third-order valence-corrected chi connectivity index (χ3v) is 2.18. The van der Waals surface area contributed by atoms with E-state index in [1.807, 2.05) is 0 Å². The maximum Gasteiger partial charge on any atom is 0.138 e. The van der Waals surface area contributed by atoms with Gasteiger partial charge in [-0.2, -0.15) is 0 Å². The zero-order chi connectivity index (χ0) is 8.32. The minimum absolute atomic E-state index is 1.16. The first-order valence-corrected chi connectivity index (χ1v) is 4.23. The predicted molar refractivity (Wildman–Crippen MR) is 42.0 cm³/mol. The lowest BCUT2D eigenvalue weighted by atomic mass is 11.0. The molecule has 1 unspecified atom stereocenters. The average molecular weight is 171 g/mol. The van der Waals surface area contributed by atoms with E-state index in [4.69, 9.17) is 5.53 Å². The molecule has 1 rings (SSSR count). The van der Waals surface area contributed by atoms with Crippen LogP contribution in [0.5, 0.6) is 0 Å². The Bertz CT molecular complexity index is 371. The first-order chi connectivity index (χ1) is 5.17. The van der Waals surface area contributed by atoms with Gasteiger partial charge in [-0.05, 0) is 11.4 Å². The predicted octanol–water partition coefficient (Wildman–Crippen LogP) is 0.588. The molecule has 0 radical (unpaired) electrons. The molecule has 0 N–H and O–H groups in total. The summed E-state index contributed by atoms with van der Waals surface area (Å²) >= 11 is 0. The van der Waals surface area contributed by atoms with E-state index in [1.54, 1.807) is 0 Å². The second-order valence-electron chi connectivity index (χ2n) is 1.70. The third-order valence-electron chi connectivity index (χ3n) is 0.974. The Morgan fingerprint density at radius 2 is 2.55 bits per heavy atom. The molecule has 6 nitrogen and oxygen atoms in total. The van der Waals surface area contributed by atoms with Crippen LogP contribution in [-0.2, 0) is 9.89 Å². The van der Waals surface area contributed by atoms with Crippen molar-refractivity contribution >= 4 is 15.8 Å². The molecule has 7 heteroatoms. The SMILES string of the molecule is C=S(=O)(N=[N+]=[N-])n1ccnc1. The van der Waals surface area contributed by atoms with Crippen molar-refractivity contribution in [1.29, 1.82) is 0 Å². The van der Waals surface area contributed by atoms with E-state index in [0.717, 1.165) is 3.97 Å². The van der Waals surface area contributed by atoms with E-state index in [9.17, 15) is 4.21 Å². The Labute approximate surface area is 63.4 Å². The van der Waals surface area contributed by atoms with Crippen LogP contribution in [0.1, 0.15) is 0 Å². The topological polar surface area (TPSA) is 83.6 Å². The summed E-state index contributed by atoms with van der Waals surface area (Å²) in [5.41, 5.74) is 8.01. The molecule has 0 bridgehead atoms. The summed E-state index contributed by atoms with van der Waals surface area (Å²) < 4.78 is 15.4. The molecule has 0 aromatic carbocycles. The Morgan fingerprint density at radius 3 is 3.00 bits per heavy atom. The highest BCUT2D eigenvalue weighted by molar-refractivity contribution is 7.97. The molecule has 1 aromatic heterocycles. The quantitative estimate of drug-likeness (QED) is 0.282. The molecular weight excluding hydrogens is 166 g/mol. The van der Waals surface area contributed by atoms with Crippen molar-refractivity contribution in [2.45, 2.75) is 0 Å². The minimum atomic E-state index is -2.90. The van der Waals surface area contributed by atoms with Gasteiger partial charge >= 0.3 is 0 Å². The molecule has 0 fully saturated rings. The lowest BCUT2D eigenvalue weighted by Gasteiger charge is -1.99. The molecule has 11 heavy (non-hydrogen) atoms. The van der Waals surface area contributed by atoms with Gasteiger partial charge in [0, 0.05) is 21.8 Å². The maximum absolute atomic E-state index is 11.2. The van der Waals surface area contributed by atoms with Crippen molar-refractivity contribution in [3.05, 3.63) is 29.2 Å². The van der Waals surface area contributed by atoms with Crippen molar-refractivity contribution in [1.82, 2.24) is 8.96 Å². The first-order valence-electron chi connectivity index (χ1n) is 2.59. The summed E-state index contributed by atoms with van der Waals surface area (Å²) in [6.45, 7) is 0. The van der Waals surface area contributed by atoms with Crippen molar-refractivity contribution in [3.8, 4) is 0 Å². The zero-order valence-electron chi connectivity index (χ0n) is 5.49. The smallest absolute Gasteiger partial charge is 0.138 e. The Morgan fingerprint density at radius 1 is 1.82 bits per heavy atom. The summed E-state index contributed by atoms with van der Waals surface area (Å²) in [5, 5.41) is 0. The summed E-state index contributed by atoms with van der Waals surface area (Å²) in [5.74, 6) is 3.23. The maximum atomic E-state index is 11.2. The van der Waals surface area contributed by atoms with Crippen LogP contribution in [0, 0.1) is 0 Å². The number of nitrogens with zero attached hydrogens (tertiary/aromatic N) is 5. The largest absolute Gasteiger partial charge is 0.257 e. The minimum Gasteiger partial charge on any atom is -0.257 e. The van der Waals surface area contributed by atoms with E-state index in [0.29, 0.717) is 0 Å². The number of aromatic nitrogens is 2. The Balaban J connectivity index is 3.22. The van der Waals surface area contributed by atoms with E-state index in [-0.39, 0.29) is 0 Å². The fraction of sp³-hybridized carbons (Fsp3) is 0. The van der Waals surface area contributed by atoms with Gasteiger partial charge in [0.2, 0.25) is 0 Å². The number of rotatable bonds is 2. The number of hydrogen-bond acceptors (Lipinski definition) is 2. The highest BCUT2D eigenvalue weighted by Gasteiger charge is 1.99. The van der Waals surface area contributed by atoms with Gasteiger partial charge in [0.15, 0.2) is 0 Å². The molecule has 0 spiro atoms. The third kappa shape index (κ3) is 1.51. The van der Waals surface area contributed by atoms with Gasteiger partial charge in [-0.1, -0.05) is 0 Å². The van der Waals surface area contributed by atoms with Crippen LogP contribution in [-0.4, -0.2) is 19.0 Å². The Hall–Kier alpha value is -1.46. The van der Waals surface area contributed by atoms with Crippen LogP contribution in [0.15, 0.2) is 23.2 Å². The first kappa shape index (κ1) is 7.64. The molecule has 0 aliphatic carbocycles. The second-order valence-corrected chi connectivity index (χ2v) is 3.50. The highest BCUT2D eigenvalue weighted by Crippen LogP contribution is 1.97. The number of hydrogen-bond donors (Lipinski definition) is 0. The fourth-order valence-electron chi connectivity index (χ4n) is 0.515. The van der Waals surface area contributed by atoms with Crippen molar-refractivity contribution in [2.75, 3.05) is 0 Å². The summed E-state index contributed by atoms with van der Waals surface area (Å²) in [6.07, 6.45) is 4.13. The molecule has 0 aliphatic heterocycles. The van der Waals surface area contributed by atoms with Crippen LogP contribution in [0.25, 0.3) is 10.4 Å². The molecule has 0 saturated carbocycles. The molecular formula is C4H5N5OS. The van der Waals surface area contributed by atoms with Crippen LogP contribution in [0.2, 0.25) is 0 Å². The Kier molecular flexibility index (Phi) is 1.84. The van der Waals surface area contributed by atoms with Crippen LogP contribution >= 0.6 is 0 Å². The van der Waals surface area contributed by atoms with Gasteiger partial charge in [0.25, 0.3) is 0 Å². The standard InChI is InChI=1S/C4H5N5OS/c1-11(10,8-7-5)9-3-2-6-4-9/h2-4H,1H2. The van der Waals surface area contributed by atoms with E-state index >= 15 is 0 Å². The monoisotopic (exact) mass is 171 g/mol. The van der Waals surface area contributed by atoms with Crippen LogP contribution in [0.4, 0.5) is 0 Å². The van der Waals surface area contributed by atoms with E-state index in [2.05, 4.69) is 20.3 Å². The molecule has 1 atom stereocenters. The lowest BCUT2D eigenvalue weighted by molar-refractivity contribution is 0.676. The summed E-state index contributed by atoms with van der Waals surface area (Å²) in [7, 11) is -2.90. The fourth-order valence-corrected chi connectivity index (χ4v) is 1.16. The van der Waals surface area contributed by atoms with Gasteiger partial charge in [0.05, 0.1) is 0 Å². The van der Waals surface area contributed by atoms with Crippen molar-refractivity contribution in [2.24, 2.45) is 4.52 Å².